The zero-order valence-corrected chi connectivity index (χ0v) is 11.2. The summed E-state index contributed by atoms with van der Waals surface area (Å²) in [5.74, 6) is -0.431. The number of nitrogens with one attached hydrogen (secondary N) is 1. The van der Waals surface area contributed by atoms with Gasteiger partial charge in [0, 0.05) is 25.4 Å². The van der Waals surface area contributed by atoms with Gasteiger partial charge in [0.25, 0.3) is 5.56 Å². The van der Waals surface area contributed by atoms with E-state index >= 15 is 0 Å². The van der Waals surface area contributed by atoms with Crippen molar-refractivity contribution in [3.63, 3.8) is 0 Å². The molecule has 100 valence electrons. The lowest BCUT2D eigenvalue weighted by molar-refractivity contribution is 0.626. The molecule has 0 amide bonds. The van der Waals surface area contributed by atoms with Gasteiger partial charge in [-0.25, -0.2) is 4.39 Å². The lowest BCUT2D eigenvalue weighted by atomic mass is 10.2. The van der Waals surface area contributed by atoms with Crippen molar-refractivity contribution in [3.05, 3.63) is 63.3 Å². The molecule has 0 fully saturated rings. The molecule has 0 aliphatic carbocycles. The number of nitrogens with zero attached hydrogens (tertiary/aromatic N) is 1. The number of benzene rings is 1. The molecular weight excluding hydrogens is 267 g/mol. The van der Waals surface area contributed by atoms with Crippen LogP contribution in [0.3, 0.4) is 0 Å². The van der Waals surface area contributed by atoms with Crippen molar-refractivity contribution < 1.29 is 4.39 Å². The van der Waals surface area contributed by atoms with Gasteiger partial charge < -0.3 is 9.88 Å². The molecule has 0 aliphatic rings. The second-order valence-corrected chi connectivity index (χ2v) is 4.55. The number of pyridine rings is 1. The van der Waals surface area contributed by atoms with Crippen LogP contribution in [0.4, 0.5) is 10.1 Å². The van der Waals surface area contributed by atoms with E-state index in [9.17, 15) is 9.18 Å². The van der Waals surface area contributed by atoms with Crippen LogP contribution >= 0.6 is 11.6 Å². The molecule has 3 nitrogen and oxygen atoms in total. The first kappa shape index (κ1) is 13.6. The summed E-state index contributed by atoms with van der Waals surface area (Å²) in [4.78, 5) is 11.4. The van der Waals surface area contributed by atoms with Crippen molar-refractivity contribution in [1.29, 1.82) is 0 Å². The molecule has 0 radical (unpaired) electrons. The minimum absolute atomic E-state index is 0.0365. The van der Waals surface area contributed by atoms with Crippen molar-refractivity contribution in [2.75, 3.05) is 5.32 Å². The third-order valence-corrected chi connectivity index (χ3v) is 3.11. The first-order valence-corrected chi connectivity index (χ1v) is 6.36. The van der Waals surface area contributed by atoms with Gasteiger partial charge in [0.05, 0.1) is 10.7 Å². The highest BCUT2D eigenvalue weighted by Gasteiger charge is 2.02. The summed E-state index contributed by atoms with van der Waals surface area (Å²) in [7, 11) is 0. The number of rotatable bonds is 4. The third kappa shape index (κ3) is 3.35. The normalized spacial score (nSPS) is 10.5. The minimum atomic E-state index is -0.431. The van der Waals surface area contributed by atoms with Crippen LogP contribution < -0.4 is 10.9 Å². The number of hydrogen-bond donors (Lipinski definition) is 1. The molecule has 0 atom stereocenters. The summed E-state index contributed by atoms with van der Waals surface area (Å²) in [6, 6.07) is 7.90. The van der Waals surface area contributed by atoms with Crippen LogP contribution in [0, 0.1) is 5.82 Å². The highest BCUT2D eigenvalue weighted by molar-refractivity contribution is 6.30. The Morgan fingerprint density at radius 2 is 2.11 bits per heavy atom. The van der Waals surface area contributed by atoms with Gasteiger partial charge in [0.15, 0.2) is 0 Å². The summed E-state index contributed by atoms with van der Waals surface area (Å²) in [6.45, 7) is 2.99. The molecule has 0 aliphatic heterocycles. The second-order valence-electron chi connectivity index (χ2n) is 4.14. The Bertz CT molecular complexity index is 640. The van der Waals surface area contributed by atoms with Gasteiger partial charge in [-0.15, -0.1) is 0 Å². The van der Waals surface area contributed by atoms with Crippen LogP contribution in [-0.2, 0) is 13.1 Å². The van der Waals surface area contributed by atoms with Gasteiger partial charge in [-0.1, -0.05) is 17.7 Å². The molecule has 1 aromatic carbocycles. The minimum Gasteiger partial charge on any atom is -0.380 e. The monoisotopic (exact) mass is 280 g/mol. The van der Waals surface area contributed by atoms with Gasteiger partial charge in [-0.2, -0.15) is 0 Å². The second kappa shape index (κ2) is 5.89. The van der Waals surface area contributed by atoms with Crippen LogP contribution in [-0.4, -0.2) is 4.57 Å². The van der Waals surface area contributed by atoms with Gasteiger partial charge in [0.1, 0.15) is 5.82 Å². The van der Waals surface area contributed by atoms with Gasteiger partial charge in [-0.3, -0.25) is 4.79 Å². The van der Waals surface area contributed by atoms with Gasteiger partial charge in [-0.05, 0) is 30.7 Å². The quantitative estimate of drug-likeness (QED) is 0.933. The molecule has 1 N–H and O–H groups in total. The lowest BCUT2D eigenvalue weighted by Crippen LogP contribution is -2.17. The Kier molecular flexibility index (Phi) is 4.22. The Balaban J connectivity index is 2.10. The molecule has 2 rings (SSSR count). The van der Waals surface area contributed by atoms with Crippen molar-refractivity contribution in [2.24, 2.45) is 0 Å². The lowest BCUT2D eigenvalue weighted by Gasteiger charge is -2.09. The summed E-state index contributed by atoms with van der Waals surface area (Å²) in [6.07, 6.45) is 1.74. The Morgan fingerprint density at radius 1 is 1.32 bits per heavy atom. The Morgan fingerprint density at radius 3 is 2.79 bits per heavy atom. The SMILES string of the molecule is CCn1cc(NCc2ccc(Cl)c(F)c2)ccc1=O. The number of anilines is 1. The summed E-state index contributed by atoms with van der Waals surface area (Å²) in [5.41, 5.74) is 1.57. The molecule has 2 aromatic rings. The molecule has 1 aromatic heterocycles. The summed E-state index contributed by atoms with van der Waals surface area (Å²) < 4.78 is 14.9. The van der Waals surface area contributed by atoms with Crippen LogP contribution in [0.5, 0.6) is 0 Å². The Labute approximate surface area is 115 Å². The van der Waals surface area contributed by atoms with E-state index in [0.29, 0.717) is 13.1 Å². The van der Waals surface area contributed by atoms with Crippen LogP contribution in [0.1, 0.15) is 12.5 Å². The first-order chi connectivity index (χ1) is 9.10. The maximum absolute atomic E-state index is 13.3. The fourth-order valence-electron chi connectivity index (χ4n) is 1.74. The molecule has 19 heavy (non-hydrogen) atoms. The number of halogens is 2. The molecule has 0 spiro atoms. The first-order valence-electron chi connectivity index (χ1n) is 5.98. The van der Waals surface area contributed by atoms with E-state index in [2.05, 4.69) is 5.32 Å². The third-order valence-electron chi connectivity index (χ3n) is 2.80. The number of hydrogen-bond acceptors (Lipinski definition) is 2. The van der Waals surface area contributed by atoms with E-state index in [1.165, 1.54) is 18.2 Å². The maximum Gasteiger partial charge on any atom is 0.250 e. The molecule has 0 saturated carbocycles. The average molecular weight is 281 g/mol. The van der Waals surface area contributed by atoms with Gasteiger partial charge >= 0.3 is 0 Å². The standard InChI is InChI=1S/C14H14ClFN2O/c1-2-18-9-11(4-6-14(18)19)17-8-10-3-5-12(15)13(16)7-10/h3-7,9,17H,2,8H2,1H3. The predicted molar refractivity (Wildman–Crippen MR) is 75.1 cm³/mol. The fraction of sp³-hybridized carbons (Fsp3) is 0.214. The van der Waals surface area contributed by atoms with E-state index in [-0.39, 0.29) is 10.6 Å². The van der Waals surface area contributed by atoms with E-state index in [1.807, 2.05) is 6.92 Å². The van der Waals surface area contributed by atoms with Crippen LogP contribution in [0.15, 0.2) is 41.3 Å². The molecule has 0 unspecified atom stereocenters. The topological polar surface area (TPSA) is 34.0 Å². The summed E-state index contributed by atoms with van der Waals surface area (Å²) in [5, 5.41) is 3.25. The predicted octanol–water partition coefficient (Wildman–Crippen LogP) is 3.27. The van der Waals surface area contributed by atoms with E-state index in [4.69, 9.17) is 11.6 Å². The smallest absolute Gasteiger partial charge is 0.250 e. The number of aromatic nitrogens is 1. The van der Waals surface area contributed by atoms with Crippen molar-refractivity contribution in [1.82, 2.24) is 4.57 Å². The highest BCUT2D eigenvalue weighted by atomic mass is 35.5. The average Bonchev–Trinajstić information content (AvgIpc) is 2.41. The fourth-order valence-corrected chi connectivity index (χ4v) is 1.85. The molecule has 0 bridgehead atoms. The molecule has 0 saturated heterocycles. The number of aryl methyl sites for hydroxylation is 1. The van der Waals surface area contributed by atoms with E-state index in [0.717, 1.165) is 11.3 Å². The van der Waals surface area contributed by atoms with Crippen molar-refractivity contribution in [3.8, 4) is 0 Å². The summed E-state index contributed by atoms with van der Waals surface area (Å²) >= 11 is 5.62. The van der Waals surface area contributed by atoms with Crippen LogP contribution in [0.2, 0.25) is 5.02 Å². The maximum atomic E-state index is 13.3. The van der Waals surface area contributed by atoms with Gasteiger partial charge in [0.2, 0.25) is 0 Å². The Hall–Kier alpha value is -1.81. The molecule has 1 heterocycles. The largest absolute Gasteiger partial charge is 0.380 e. The highest BCUT2D eigenvalue weighted by Crippen LogP contribution is 2.16. The zero-order chi connectivity index (χ0) is 13.8. The molecule has 5 heteroatoms. The van der Waals surface area contributed by atoms with E-state index in [1.54, 1.807) is 22.9 Å². The van der Waals surface area contributed by atoms with E-state index < -0.39 is 5.82 Å². The zero-order valence-electron chi connectivity index (χ0n) is 10.5. The van der Waals surface area contributed by atoms with Crippen molar-refractivity contribution in [2.45, 2.75) is 20.0 Å². The van der Waals surface area contributed by atoms with Crippen molar-refractivity contribution >= 4 is 17.3 Å². The molecular formula is C14H14ClFN2O. The van der Waals surface area contributed by atoms with Crippen LogP contribution in [0.25, 0.3) is 0 Å².